The van der Waals surface area contributed by atoms with E-state index in [0.29, 0.717) is 31.2 Å². The van der Waals surface area contributed by atoms with Crippen LogP contribution in [0, 0.1) is 5.92 Å². The molecule has 0 atom stereocenters. The lowest BCUT2D eigenvalue weighted by atomic mass is 10.1. The zero-order valence-electron chi connectivity index (χ0n) is 11.8. The molecule has 0 saturated carbocycles. The van der Waals surface area contributed by atoms with E-state index in [1.165, 1.54) is 0 Å². The highest BCUT2D eigenvalue weighted by molar-refractivity contribution is 5.78. The van der Waals surface area contributed by atoms with Crippen LogP contribution in [0.3, 0.4) is 0 Å². The van der Waals surface area contributed by atoms with E-state index in [0.717, 1.165) is 18.6 Å². The minimum Gasteiger partial charge on any atom is -0.399 e. The molecule has 0 spiro atoms. The lowest BCUT2D eigenvalue weighted by molar-refractivity contribution is -0.120. The molecule has 1 aromatic carbocycles. The molecule has 106 valence electrons. The molecule has 4 nitrogen and oxygen atoms in total. The molecule has 0 unspecified atom stereocenters. The second kappa shape index (κ2) is 8.53. The third-order valence-electron chi connectivity index (χ3n) is 2.58. The van der Waals surface area contributed by atoms with Crippen LogP contribution in [0.4, 0.5) is 5.69 Å². The normalized spacial score (nSPS) is 10.7. The van der Waals surface area contributed by atoms with Gasteiger partial charge in [-0.1, -0.05) is 26.0 Å². The third-order valence-corrected chi connectivity index (χ3v) is 2.58. The quantitative estimate of drug-likeness (QED) is 0.557. The summed E-state index contributed by atoms with van der Waals surface area (Å²) in [5, 5.41) is 2.88. The topological polar surface area (TPSA) is 64.3 Å². The largest absolute Gasteiger partial charge is 0.399 e. The van der Waals surface area contributed by atoms with E-state index in [4.69, 9.17) is 10.5 Å². The summed E-state index contributed by atoms with van der Waals surface area (Å²) in [6.45, 7) is 6.37. The predicted molar refractivity (Wildman–Crippen MR) is 77.8 cm³/mol. The van der Waals surface area contributed by atoms with Crippen LogP contribution in [0.1, 0.15) is 25.8 Å². The lowest BCUT2D eigenvalue weighted by Crippen LogP contribution is -2.26. The molecule has 0 saturated heterocycles. The Hall–Kier alpha value is -1.55. The van der Waals surface area contributed by atoms with Crippen LogP contribution >= 0.6 is 0 Å². The number of rotatable bonds is 8. The molecule has 0 aromatic heterocycles. The van der Waals surface area contributed by atoms with Crippen molar-refractivity contribution in [2.45, 2.75) is 26.7 Å². The van der Waals surface area contributed by atoms with E-state index in [1.54, 1.807) is 0 Å². The molecule has 19 heavy (non-hydrogen) atoms. The molecule has 0 aliphatic carbocycles. The van der Waals surface area contributed by atoms with Gasteiger partial charge in [0.2, 0.25) is 5.91 Å². The number of hydrogen-bond acceptors (Lipinski definition) is 3. The van der Waals surface area contributed by atoms with Crippen molar-refractivity contribution < 1.29 is 9.53 Å². The van der Waals surface area contributed by atoms with Crippen LogP contribution in [0.25, 0.3) is 0 Å². The number of ether oxygens (including phenoxy) is 1. The maximum atomic E-state index is 11.7. The van der Waals surface area contributed by atoms with Crippen LogP contribution in [0.5, 0.6) is 0 Å². The van der Waals surface area contributed by atoms with Crippen LogP contribution < -0.4 is 11.1 Å². The summed E-state index contributed by atoms with van der Waals surface area (Å²) in [6, 6.07) is 7.37. The zero-order chi connectivity index (χ0) is 14.1. The van der Waals surface area contributed by atoms with E-state index in [9.17, 15) is 4.79 Å². The van der Waals surface area contributed by atoms with Gasteiger partial charge in [-0.05, 0) is 30.0 Å². The summed E-state index contributed by atoms with van der Waals surface area (Å²) < 4.78 is 5.44. The molecular formula is C15H24N2O2. The Morgan fingerprint density at radius 2 is 2.00 bits per heavy atom. The molecular weight excluding hydrogens is 240 g/mol. The van der Waals surface area contributed by atoms with Crippen molar-refractivity contribution in [1.82, 2.24) is 5.32 Å². The molecule has 0 aliphatic rings. The van der Waals surface area contributed by atoms with Gasteiger partial charge in [0.05, 0.1) is 6.42 Å². The Kier molecular flexibility index (Phi) is 6.97. The Bertz CT molecular complexity index is 374. The average molecular weight is 264 g/mol. The average Bonchev–Trinajstić information content (AvgIpc) is 2.36. The summed E-state index contributed by atoms with van der Waals surface area (Å²) in [6.07, 6.45) is 1.24. The first-order valence-corrected chi connectivity index (χ1v) is 6.77. The fourth-order valence-electron chi connectivity index (χ4n) is 1.60. The molecule has 0 bridgehead atoms. The molecule has 0 fully saturated rings. The Balaban J connectivity index is 2.09. The van der Waals surface area contributed by atoms with E-state index in [2.05, 4.69) is 19.2 Å². The molecule has 1 amide bonds. The highest BCUT2D eigenvalue weighted by Gasteiger charge is 2.02. The van der Waals surface area contributed by atoms with Gasteiger partial charge in [-0.2, -0.15) is 0 Å². The summed E-state index contributed by atoms with van der Waals surface area (Å²) in [4.78, 5) is 11.7. The fourth-order valence-corrected chi connectivity index (χ4v) is 1.60. The van der Waals surface area contributed by atoms with E-state index < -0.39 is 0 Å². The number of nitrogens with two attached hydrogens (primary N) is 1. The molecule has 0 heterocycles. The molecule has 1 rings (SSSR count). The number of benzene rings is 1. The monoisotopic (exact) mass is 264 g/mol. The minimum absolute atomic E-state index is 0.0358. The molecule has 1 aromatic rings. The Morgan fingerprint density at radius 1 is 1.32 bits per heavy atom. The first-order chi connectivity index (χ1) is 9.08. The van der Waals surface area contributed by atoms with Crippen molar-refractivity contribution in [3.63, 3.8) is 0 Å². The van der Waals surface area contributed by atoms with Gasteiger partial charge in [-0.3, -0.25) is 4.79 Å². The SMILES string of the molecule is CC(C)COCCCNC(=O)Cc1ccc(N)cc1. The number of nitrogens with one attached hydrogen (secondary N) is 1. The highest BCUT2D eigenvalue weighted by Crippen LogP contribution is 2.05. The second-order valence-corrected chi connectivity index (χ2v) is 5.09. The molecule has 4 heteroatoms. The summed E-state index contributed by atoms with van der Waals surface area (Å²) >= 11 is 0. The van der Waals surface area contributed by atoms with Crippen LogP contribution in [0.15, 0.2) is 24.3 Å². The Labute approximate surface area is 115 Å². The van der Waals surface area contributed by atoms with E-state index >= 15 is 0 Å². The number of nitrogen functional groups attached to an aromatic ring is 1. The maximum absolute atomic E-state index is 11.7. The number of amides is 1. The second-order valence-electron chi connectivity index (χ2n) is 5.09. The van der Waals surface area contributed by atoms with Gasteiger partial charge in [-0.25, -0.2) is 0 Å². The van der Waals surface area contributed by atoms with Gasteiger partial charge in [0, 0.05) is 25.4 Å². The minimum atomic E-state index is 0.0358. The van der Waals surface area contributed by atoms with Crippen molar-refractivity contribution in [3.05, 3.63) is 29.8 Å². The van der Waals surface area contributed by atoms with Gasteiger partial charge >= 0.3 is 0 Å². The summed E-state index contributed by atoms with van der Waals surface area (Å²) in [5.41, 5.74) is 7.28. The standard InChI is InChI=1S/C15H24N2O2/c1-12(2)11-19-9-3-8-17-15(18)10-13-4-6-14(16)7-5-13/h4-7,12H,3,8-11,16H2,1-2H3,(H,17,18). The lowest BCUT2D eigenvalue weighted by Gasteiger charge is -2.08. The molecule has 0 aliphatic heterocycles. The first-order valence-electron chi connectivity index (χ1n) is 6.77. The number of carbonyl (C=O) groups is 1. The van der Waals surface area contributed by atoms with Gasteiger partial charge < -0.3 is 15.8 Å². The van der Waals surface area contributed by atoms with Gasteiger partial charge in [-0.15, -0.1) is 0 Å². The first kappa shape index (κ1) is 15.5. The maximum Gasteiger partial charge on any atom is 0.224 e. The van der Waals surface area contributed by atoms with Crippen molar-refractivity contribution in [1.29, 1.82) is 0 Å². The number of hydrogen-bond donors (Lipinski definition) is 2. The van der Waals surface area contributed by atoms with E-state index in [1.807, 2.05) is 24.3 Å². The third kappa shape index (κ3) is 7.47. The van der Waals surface area contributed by atoms with Gasteiger partial charge in [0.15, 0.2) is 0 Å². The van der Waals surface area contributed by atoms with E-state index in [-0.39, 0.29) is 5.91 Å². The van der Waals surface area contributed by atoms with Crippen molar-refractivity contribution in [3.8, 4) is 0 Å². The van der Waals surface area contributed by atoms with Crippen LogP contribution in [-0.2, 0) is 16.0 Å². The van der Waals surface area contributed by atoms with Crippen LogP contribution in [0.2, 0.25) is 0 Å². The Morgan fingerprint density at radius 3 is 2.63 bits per heavy atom. The zero-order valence-corrected chi connectivity index (χ0v) is 11.8. The highest BCUT2D eigenvalue weighted by atomic mass is 16.5. The van der Waals surface area contributed by atoms with Gasteiger partial charge in [0.1, 0.15) is 0 Å². The molecule has 0 radical (unpaired) electrons. The predicted octanol–water partition coefficient (Wildman–Crippen LogP) is 1.99. The smallest absolute Gasteiger partial charge is 0.224 e. The fraction of sp³-hybridized carbons (Fsp3) is 0.533. The number of anilines is 1. The number of carbonyl (C=O) groups excluding carboxylic acids is 1. The van der Waals surface area contributed by atoms with Crippen LogP contribution in [-0.4, -0.2) is 25.7 Å². The van der Waals surface area contributed by atoms with Crippen molar-refractivity contribution in [2.75, 3.05) is 25.5 Å². The van der Waals surface area contributed by atoms with Crippen molar-refractivity contribution >= 4 is 11.6 Å². The summed E-state index contributed by atoms with van der Waals surface area (Å²) in [5.74, 6) is 0.591. The van der Waals surface area contributed by atoms with Crippen molar-refractivity contribution in [2.24, 2.45) is 5.92 Å². The summed E-state index contributed by atoms with van der Waals surface area (Å²) in [7, 11) is 0. The van der Waals surface area contributed by atoms with Gasteiger partial charge in [0.25, 0.3) is 0 Å². The molecule has 3 N–H and O–H groups in total.